The first-order valence-corrected chi connectivity index (χ1v) is 4.77. The normalized spacial score (nSPS) is 9.07. The average molecular weight is 190 g/mol. The van der Waals surface area contributed by atoms with Gasteiger partial charge in [0.25, 0.3) is 0 Å². The molecule has 0 saturated heterocycles. The Morgan fingerprint density at radius 1 is 1.00 bits per heavy atom. The van der Waals surface area contributed by atoms with Gasteiger partial charge < -0.3 is 0 Å². The van der Waals surface area contributed by atoms with E-state index in [1.54, 1.807) is 0 Å². The zero-order valence-corrected chi connectivity index (χ0v) is 8.54. The highest BCUT2D eigenvalue weighted by Crippen LogP contribution is 2.18. The van der Waals surface area contributed by atoms with Crippen molar-refractivity contribution < 1.29 is 0 Å². The van der Waals surface area contributed by atoms with Crippen LogP contribution in [0.2, 0.25) is 0 Å². The van der Waals surface area contributed by atoms with Crippen LogP contribution < -0.4 is 0 Å². The molecule has 0 saturated carbocycles. The van der Waals surface area contributed by atoms with Gasteiger partial charge in [0.15, 0.2) is 0 Å². The SMILES string of the molecule is C#Cc1cc2ccccc2cc1C#CC. The Hall–Kier alpha value is -2.18. The fourth-order valence-electron chi connectivity index (χ4n) is 1.60. The Morgan fingerprint density at radius 2 is 1.60 bits per heavy atom. The largest absolute Gasteiger partial charge is 0.115 e. The summed E-state index contributed by atoms with van der Waals surface area (Å²) in [6.07, 6.45) is 5.45. The standard InChI is InChI=1S/C15H10/c1-3-7-13-11-15-9-6-5-8-14(15)10-12(13)4-2/h2,5-6,8-11H,1H3. The highest BCUT2D eigenvalue weighted by atomic mass is 14.0. The lowest BCUT2D eigenvalue weighted by molar-refractivity contribution is 1.63. The van der Waals surface area contributed by atoms with Crippen LogP contribution in [0.5, 0.6) is 0 Å². The molecule has 0 bridgehead atoms. The number of hydrogen-bond donors (Lipinski definition) is 0. The van der Waals surface area contributed by atoms with Crippen LogP contribution >= 0.6 is 0 Å². The molecule has 15 heavy (non-hydrogen) atoms. The van der Waals surface area contributed by atoms with Crippen LogP contribution in [0, 0.1) is 24.2 Å². The lowest BCUT2D eigenvalue weighted by atomic mass is 10.0. The number of rotatable bonds is 0. The van der Waals surface area contributed by atoms with Crippen LogP contribution in [0.25, 0.3) is 10.8 Å². The summed E-state index contributed by atoms with van der Waals surface area (Å²) >= 11 is 0. The Kier molecular flexibility index (Phi) is 2.44. The summed E-state index contributed by atoms with van der Waals surface area (Å²) in [5.74, 6) is 8.57. The van der Waals surface area contributed by atoms with Gasteiger partial charge >= 0.3 is 0 Å². The van der Waals surface area contributed by atoms with Crippen LogP contribution in [0.4, 0.5) is 0 Å². The topological polar surface area (TPSA) is 0 Å². The minimum absolute atomic E-state index is 0.864. The summed E-state index contributed by atoms with van der Waals surface area (Å²) in [6, 6.07) is 12.2. The van der Waals surface area contributed by atoms with Gasteiger partial charge in [0.2, 0.25) is 0 Å². The number of fused-ring (bicyclic) bond motifs is 1. The molecular formula is C15H10. The summed E-state index contributed by atoms with van der Waals surface area (Å²) in [5.41, 5.74) is 1.79. The van der Waals surface area contributed by atoms with E-state index in [2.05, 4.69) is 29.9 Å². The van der Waals surface area contributed by atoms with Gasteiger partial charge in [-0.2, -0.15) is 0 Å². The summed E-state index contributed by atoms with van der Waals surface area (Å²) in [7, 11) is 0. The number of benzene rings is 2. The average Bonchev–Trinajstić information content (AvgIpc) is 2.28. The van der Waals surface area contributed by atoms with Crippen molar-refractivity contribution >= 4 is 10.8 Å². The third-order valence-corrected chi connectivity index (χ3v) is 2.30. The molecule has 0 atom stereocenters. The van der Waals surface area contributed by atoms with Crippen molar-refractivity contribution in [3.63, 3.8) is 0 Å². The van der Waals surface area contributed by atoms with Crippen molar-refractivity contribution in [2.45, 2.75) is 6.92 Å². The van der Waals surface area contributed by atoms with Crippen molar-refractivity contribution in [2.24, 2.45) is 0 Å². The Balaban J connectivity index is 2.80. The van der Waals surface area contributed by atoms with Crippen LogP contribution in [0.1, 0.15) is 18.1 Å². The molecule has 0 heterocycles. The Morgan fingerprint density at radius 3 is 2.13 bits per heavy atom. The van der Waals surface area contributed by atoms with Crippen molar-refractivity contribution in [3.8, 4) is 24.2 Å². The molecule has 2 rings (SSSR count). The predicted octanol–water partition coefficient (Wildman–Crippen LogP) is 3.19. The molecule has 0 amide bonds. The van der Waals surface area contributed by atoms with Crippen molar-refractivity contribution in [2.75, 3.05) is 0 Å². The van der Waals surface area contributed by atoms with E-state index in [1.807, 2.05) is 31.2 Å². The number of terminal acetylenes is 1. The zero-order chi connectivity index (χ0) is 10.7. The van der Waals surface area contributed by atoms with E-state index in [0.29, 0.717) is 0 Å². The van der Waals surface area contributed by atoms with E-state index in [9.17, 15) is 0 Å². The highest BCUT2D eigenvalue weighted by molar-refractivity contribution is 5.86. The van der Waals surface area contributed by atoms with Gasteiger partial charge in [-0.25, -0.2) is 0 Å². The highest BCUT2D eigenvalue weighted by Gasteiger charge is 1.99. The molecule has 70 valence electrons. The van der Waals surface area contributed by atoms with E-state index in [-0.39, 0.29) is 0 Å². The maximum absolute atomic E-state index is 5.45. The minimum Gasteiger partial charge on any atom is -0.115 e. The second-order valence-electron chi connectivity index (χ2n) is 3.26. The van der Waals surface area contributed by atoms with Gasteiger partial charge in [0.1, 0.15) is 0 Å². The molecule has 0 aliphatic rings. The summed E-state index contributed by atoms with van der Waals surface area (Å²) in [5, 5.41) is 2.33. The first kappa shape index (κ1) is 9.38. The molecule has 0 nitrogen and oxygen atoms in total. The van der Waals surface area contributed by atoms with Gasteiger partial charge in [-0.1, -0.05) is 36.1 Å². The quantitative estimate of drug-likeness (QED) is 0.560. The van der Waals surface area contributed by atoms with Gasteiger partial charge in [0.05, 0.1) is 0 Å². The molecule has 2 aromatic rings. The van der Waals surface area contributed by atoms with E-state index >= 15 is 0 Å². The van der Waals surface area contributed by atoms with E-state index < -0.39 is 0 Å². The fourth-order valence-corrected chi connectivity index (χ4v) is 1.60. The fraction of sp³-hybridized carbons (Fsp3) is 0.0667. The Bertz CT molecular complexity index is 601. The van der Waals surface area contributed by atoms with Gasteiger partial charge in [-0.15, -0.1) is 12.3 Å². The summed E-state index contributed by atoms with van der Waals surface area (Å²) < 4.78 is 0. The molecule has 0 spiro atoms. The van der Waals surface area contributed by atoms with Crippen molar-refractivity contribution in [1.82, 2.24) is 0 Å². The van der Waals surface area contributed by atoms with Gasteiger partial charge in [-0.3, -0.25) is 0 Å². The first-order valence-electron chi connectivity index (χ1n) is 4.77. The minimum atomic E-state index is 0.864. The van der Waals surface area contributed by atoms with Crippen LogP contribution in [0.3, 0.4) is 0 Å². The van der Waals surface area contributed by atoms with Crippen LogP contribution in [0.15, 0.2) is 36.4 Å². The molecule has 0 aromatic heterocycles. The van der Waals surface area contributed by atoms with Gasteiger partial charge in [0, 0.05) is 11.1 Å². The summed E-state index contributed by atoms with van der Waals surface area (Å²) in [6.45, 7) is 1.81. The third-order valence-electron chi connectivity index (χ3n) is 2.30. The molecule has 2 aromatic carbocycles. The summed E-state index contributed by atoms with van der Waals surface area (Å²) in [4.78, 5) is 0. The molecule has 0 fully saturated rings. The van der Waals surface area contributed by atoms with Crippen molar-refractivity contribution in [1.29, 1.82) is 0 Å². The molecule has 0 N–H and O–H groups in total. The van der Waals surface area contributed by atoms with Crippen LogP contribution in [-0.2, 0) is 0 Å². The van der Waals surface area contributed by atoms with E-state index in [0.717, 1.165) is 16.5 Å². The van der Waals surface area contributed by atoms with Crippen LogP contribution in [-0.4, -0.2) is 0 Å². The molecular weight excluding hydrogens is 180 g/mol. The molecule has 0 aliphatic heterocycles. The zero-order valence-electron chi connectivity index (χ0n) is 8.54. The maximum atomic E-state index is 5.45. The third kappa shape index (κ3) is 1.71. The Labute approximate surface area is 89.9 Å². The molecule has 0 unspecified atom stereocenters. The second kappa shape index (κ2) is 3.91. The monoisotopic (exact) mass is 190 g/mol. The molecule has 0 aliphatic carbocycles. The molecule has 0 heteroatoms. The van der Waals surface area contributed by atoms with Crippen molar-refractivity contribution in [3.05, 3.63) is 47.5 Å². The lowest BCUT2D eigenvalue weighted by Gasteiger charge is -2.01. The predicted molar refractivity (Wildman–Crippen MR) is 64.4 cm³/mol. The molecule has 0 radical (unpaired) electrons. The first-order chi connectivity index (χ1) is 7.35. The smallest absolute Gasteiger partial charge is 0.0408 e. The van der Waals surface area contributed by atoms with E-state index in [1.165, 1.54) is 5.39 Å². The van der Waals surface area contributed by atoms with E-state index in [4.69, 9.17) is 6.42 Å². The number of hydrogen-bond acceptors (Lipinski definition) is 0. The van der Waals surface area contributed by atoms with Gasteiger partial charge in [-0.05, 0) is 29.8 Å². The second-order valence-corrected chi connectivity index (χ2v) is 3.26. The lowest BCUT2D eigenvalue weighted by Crippen LogP contribution is -1.84. The maximum Gasteiger partial charge on any atom is 0.0408 e.